The van der Waals surface area contributed by atoms with Gasteiger partial charge >= 0.3 is 0 Å². The summed E-state index contributed by atoms with van der Waals surface area (Å²) in [6.07, 6.45) is 85.1. The summed E-state index contributed by atoms with van der Waals surface area (Å²) in [5.41, 5.74) is 0. The van der Waals surface area contributed by atoms with Crippen molar-refractivity contribution in [1.29, 1.82) is 0 Å². The predicted molar refractivity (Wildman–Crippen MR) is 313 cm³/mol. The van der Waals surface area contributed by atoms with Gasteiger partial charge in [-0.1, -0.05) is 346 Å². The summed E-state index contributed by atoms with van der Waals surface area (Å²) in [6.45, 7) is 4.33. The van der Waals surface area contributed by atoms with E-state index in [-0.39, 0.29) is 12.5 Å². The Bertz CT molecular complexity index is 1070. The minimum atomic E-state index is -0.869. The van der Waals surface area contributed by atoms with Gasteiger partial charge in [-0.25, -0.2) is 0 Å². The molecule has 1 amide bonds. The van der Waals surface area contributed by atoms with Crippen molar-refractivity contribution in [3.63, 3.8) is 0 Å². The second kappa shape index (κ2) is 61.9. The fraction of sp³-hybridized carbons (Fsp3) is 0.894. The molecule has 0 heterocycles. The van der Waals surface area contributed by atoms with Crippen LogP contribution in [0.1, 0.15) is 361 Å². The monoisotopic (exact) mass is 982 g/mol. The van der Waals surface area contributed by atoms with Crippen molar-refractivity contribution in [1.82, 2.24) is 5.32 Å². The van der Waals surface area contributed by atoms with Crippen molar-refractivity contribution in [2.24, 2.45) is 0 Å². The van der Waals surface area contributed by atoms with E-state index in [9.17, 15) is 15.0 Å². The fourth-order valence-electron chi connectivity index (χ4n) is 10.2. The first-order valence-corrected chi connectivity index (χ1v) is 32.2. The summed E-state index contributed by atoms with van der Waals surface area (Å²) in [7, 11) is 0. The van der Waals surface area contributed by atoms with Crippen LogP contribution in [0, 0.1) is 0 Å². The van der Waals surface area contributed by atoms with Gasteiger partial charge in [-0.05, 0) is 44.9 Å². The lowest BCUT2D eigenvalue weighted by Gasteiger charge is -2.19. The number of carbonyl (C=O) groups is 1. The third kappa shape index (κ3) is 57.5. The fourth-order valence-corrected chi connectivity index (χ4v) is 10.2. The highest BCUT2D eigenvalue weighted by molar-refractivity contribution is 5.76. The summed E-state index contributed by atoms with van der Waals surface area (Å²) in [5.74, 6) is -0.0709. The zero-order valence-electron chi connectivity index (χ0n) is 47.8. The smallest absolute Gasteiger partial charge is 0.220 e. The highest BCUT2D eigenvalue weighted by atomic mass is 16.3. The molecule has 70 heavy (non-hydrogen) atoms. The van der Waals surface area contributed by atoms with Gasteiger partial charge in [0.1, 0.15) is 0 Å². The molecular formula is C66H127NO3. The van der Waals surface area contributed by atoms with Crippen LogP contribution in [0.3, 0.4) is 0 Å². The Kier molecular flexibility index (Phi) is 60.7. The second-order valence-electron chi connectivity index (χ2n) is 22.2. The Morgan fingerprint density at radius 3 is 0.829 bits per heavy atom. The van der Waals surface area contributed by atoms with Crippen LogP contribution in [0.4, 0.5) is 0 Å². The minimum Gasteiger partial charge on any atom is -0.394 e. The van der Waals surface area contributed by atoms with Gasteiger partial charge in [0.15, 0.2) is 0 Å². The van der Waals surface area contributed by atoms with Gasteiger partial charge in [0.05, 0.1) is 18.8 Å². The zero-order valence-corrected chi connectivity index (χ0v) is 47.8. The molecule has 0 aromatic heterocycles. The average molecular weight is 983 g/mol. The number of allylic oxidation sites excluding steroid dienone is 5. The average Bonchev–Trinajstić information content (AvgIpc) is 3.36. The third-order valence-corrected chi connectivity index (χ3v) is 15.1. The maximum absolute atomic E-state index is 12.5. The number of carbonyl (C=O) groups excluding carboxylic acids is 1. The standard InChI is InChI=1S/C66H127NO3/c1-3-5-7-9-11-13-15-17-19-21-23-25-26-27-28-29-30-31-32-33-34-35-36-37-38-39-40-41-42-44-46-48-50-52-54-56-58-60-62-66(70)67-64(63-68)65(69)61-59-57-55-53-51-49-47-45-43-24-22-20-18-16-14-12-10-8-6-4-2/h43,45,51,53,59,61,64-65,68-69H,3-42,44,46-50,52,54-58,60,62-63H2,1-2H3,(H,67,70)/b45-43+,53-51+,61-59+. The van der Waals surface area contributed by atoms with Crippen molar-refractivity contribution in [2.75, 3.05) is 6.61 Å². The number of hydrogen-bond donors (Lipinski definition) is 3. The molecule has 414 valence electrons. The molecule has 0 aromatic carbocycles. The molecule has 0 rings (SSSR count). The number of aliphatic hydroxyl groups excluding tert-OH is 2. The maximum atomic E-state index is 12.5. The Labute approximate surface area is 440 Å². The van der Waals surface area contributed by atoms with E-state index in [4.69, 9.17) is 0 Å². The molecule has 0 aromatic rings. The molecule has 0 aliphatic rings. The second-order valence-corrected chi connectivity index (χ2v) is 22.2. The highest BCUT2D eigenvalue weighted by Crippen LogP contribution is 2.18. The predicted octanol–water partition coefficient (Wildman–Crippen LogP) is 21.6. The SMILES string of the molecule is CCCCCCCCCCCC/C=C/CC/C=C/CC/C=C/C(O)C(CO)NC(=O)CCCCCCCCCCCCCCCCCCCCCCCCCCCCCCCCCCCCCCCC. The van der Waals surface area contributed by atoms with Crippen LogP contribution in [0.25, 0.3) is 0 Å². The summed E-state index contributed by atoms with van der Waals surface area (Å²) >= 11 is 0. The van der Waals surface area contributed by atoms with Crippen LogP contribution < -0.4 is 5.32 Å². The van der Waals surface area contributed by atoms with Gasteiger partial charge < -0.3 is 15.5 Å². The first-order valence-electron chi connectivity index (χ1n) is 32.2. The number of nitrogens with one attached hydrogen (secondary N) is 1. The molecule has 2 unspecified atom stereocenters. The molecule has 0 aliphatic heterocycles. The molecule has 0 radical (unpaired) electrons. The molecule has 0 saturated carbocycles. The third-order valence-electron chi connectivity index (χ3n) is 15.1. The molecule has 0 spiro atoms. The molecule has 2 atom stereocenters. The number of aliphatic hydroxyl groups is 2. The van der Waals surface area contributed by atoms with Crippen LogP contribution in [-0.2, 0) is 4.79 Å². The Hall–Kier alpha value is -1.39. The van der Waals surface area contributed by atoms with E-state index in [0.29, 0.717) is 6.42 Å². The van der Waals surface area contributed by atoms with E-state index in [1.165, 1.54) is 302 Å². The molecule has 0 bridgehead atoms. The highest BCUT2D eigenvalue weighted by Gasteiger charge is 2.18. The lowest BCUT2D eigenvalue weighted by Crippen LogP contribution is -2.45. The summed E-state index contributed by atoms with van der Waals surface area (Å²) in [6, 6.07) is -0.644. The van der Waals surface area contributed by atoms with Gasteiger partial charge in [0.25, 0.3) is 0 Å². The molecule has 0 fully saturated rings. The van der Waals surface area contributed by atoms with Gasteiger partial charge in [0.2, 0.25) is 5.91 Å². The molecule has 4 nitrogen and oxygen atoms in total. The van der Waals surface area contributed by atoms with Gasteiger partial charge in [0, 0.05) is 6.42 Å². The van der Waals surface area contributed by atoms with Crippen LogP contribution in [0.5, 0.6) is 0 Å². The van der Waals surface area contributed by atoms with Crippen molar-refractivity contribution >= 4 is 5.91 Å². The lowest BCUT2D eigenvalue weighted by molar-refractivity contribution is -0.123. The number of hydrogen-bond acceptors (Lipinski definition) is 3. The molecule has 0 aliphatic carbocycles. The van der Waals surface area contributed by atoms with E-state index in [0.717, 1.165) is 38.5 Å². The minimum absolute atomic E-state index is 0.0709. The summed E-state index contributed by atoms with van der Waals surface area (Å²) in [4.78, 5) is 12.5. The summed E-state index contributed by atoms with van der Waals surface area (Å²) in [5, 5.41) is 23.2. The Balaban J connectivity index is 3.42. The molecule has 4 heteroatoms. The van der Waals surface area contributed by atoms with Crippen molar-refractivity contribution < 1.29 is 15.0 Å². The van der Waals surface area contributed by atoms with Crippen LogP contribution in [-0.4, -0.2) is 34.9 Å². The van der Waals surface area contributed by atoms with Crippen LogP contribution in [0.2, 0.25) is 0 Å². The van der Waals surface area contributed by atoms with E-state index in [1.807, 2.05) is 6.08 Å². The normalized spacial score (nSPS) is 12.9. The molecular weight excluding hydrogens is 855 g/mol. The van der Waals surface area contributed by atoms with Crippen LogP contribution in [0.15, 0.2) is 36.5 Å². The van der Waals surface area contributed by atoms with Gasteiger partial charge in [-0.15, -0.1) is 0 Å². The van der Waals surface area contributed by atoms with Gasteiger partial charge in [-0.3, -0.25) is 4.79 Å². The van der Waals surface area contributed by atoms with Crippen molar-refractivity contribution in [3.8, 4) is 0 Å². The van der Waals surface area contributed by atoms with Crippen LogP contribution >= 0.6 is 0 Å². The largest absolute Gasteiger partial charge is 0.394 e. The van der Waals surface area contributed by atoms with E-state index >= 15 is 0 Å². The first-order chi connectivity index (χ1) is 34.7. The first kappa shape index (κ1) is 68.6. The molecule has 3 N–H and O–H groups in total. The summed E-state index contributed by atoms with van der Waals surface area (Å²) < 4.78 is 0. The number of rotatable bonds is 60. The van der Waals surface area contributed by atoms with Crippen molar-refractivity contribution in [2.45, 2.75) is 373 Å². The number of amides is 1. The van der Waals surface area contributed by atoms with E-state index < -0.39 is 12.1 Å². The van der Waals surface area contributed by atoms with Crippen molar-refractivity contribution in [3.05, 3.63) is 36.5 Å². The zero-order chi connectivity index (χ0) is 50.6. The van der Waals surface area contributed by atoms with E-state index in [1.54, 1.807) is 6.08 Å². The lowest BCUT2D eigenvalue weighted by atomic mass is 10.0. The Morgan fingerprint density at radius 1 is 0.329 bits per heavy atom. The Morgan fingerprint density at radius 2 is 0.557 bits per heavy atom. The number of unbranched alkanes of at least 4 members (excludes halogenated alkanes) is 49. The maximum Gasteiger partial charge on any atom is 0.220 e. The topological polar surface area (TPSA) is 69.6 Å². The van der Waals surface area contributed by atoms with E-state index in [2.05, 4.69) is 43.5 Å². The quantitative estimate of drug-likeness (QED) is 0.0420. The van der Waals surface area contributed by atoms with Gasteiger partial charge in [-0.2, -0.15) is 0 Å². The molecule has 0 saturated heterocycles.